The molecular formula is C13H11NS2. The number of anilines is 1. The first-order valence-electron chi connectivity index (χ1n) is 4.86. The van der Waals surface area contributed by atoms with Crippen molar-refractivity contribution >= 4 is 28.8 Å². The lowest BCUT2D eigenvalue weighted by atomic mass is 10.3. The molecule has 0 aliphatic rings. The summed E-state index contributed by atoms with van der Waals surface area (Å²) in [5.41, 5.74) is 6.65. The molecule has 0 radical (unpaired) electrons. The van der Waals surface area contributed by atoms with Gasteiger partial charge in [0.25, 0.3) is 0 Å². The second-order valence-electron chi connectivity index (χ2n) is 3.11. The number of thiophene rings is 1. The van der Waals surface area contributed by atoms with Crippen LogP contribution in [0.15, 0.2) is 46.7 Å². The summed E-state index contributed by atoms with van der Waals surface area (Å²) in [4.78, 5) is 2.21. The number of hydrogen-bond acceptors (Lipinski definition) is 3. The van der Waals surface area contributed by atoms with E-state index in [9.17, 15) is 0 Å². The van der Waals surface area contributed by atoms with Crippen molar-refractivity contribution < 1.29 is 0 Å². The van der Waals surface area contributed by atoms with Crippen molar-refractivity contribution in [2.75, 3.05) is 11.5 Å². The van der Waals surface area contributed by atoms with E-state index in [2.05, 4.69) is 11.8 Å². The molecule has 3 heteroatoms. The molecule has 0 spiro atoms. The van der Waals surface area contributed by atoms with Gasteiger partial charge in [-0.1, -0.05) is 30.0 Å². The molecule has 0 aliphatic heterocycles. The second kappa shape index (κ2) is 5.64. The fourth-order valence-electron chi connectivity index (χ4n) is 1.20. The van der Waals surface area contributed by atoms with Crippen molar-refractivity contribution in [3.63, 3.8) is 0 Å². The molecule has 0 saturated carbocycles. The van der Waals surface area contributed by atoms with Crippen LogP contribution >= 0.6 is 23.1 Å². The molecule has 1 nitrogen and oxygen atoms in total. The Bertz CT molecular complexity index is 506. The van der Waals surface area contributed by atoms with Gasteiger partial charge >= 0.3 is 0 Å². The minimum absolute atomic E-state index is 0.770. The maximum absolute atomic E-state index is 5.83. The Kier molecular flexibility index (Phi) is 3.92. The lowest BCUT2D eigenvalue weighted by molar-refractivity contribution is 1.46. The summed E-state index contributed by atoms with van der Waals surface area (Å²) < 4.78 is 0. The Balaban J connectivity index is 1.91. The lowest BCUT2D eigenvalue weighted by Gasteiger charge is -2.00. The quantitative estimate of drug-likeness (QED) is 0.498. The Morgan fingerprint density at radius 2 is 2.06 bits per heavy atom. The SMILES string of the molecule is Nc1ccccc1SCC#Cc1cccs1. The summed E-state index contributed by atoms with van der Waals surface area (Å²) in [6, 6.07) is 11.9. The topological polar surface area (TPSA) is 26.0 Å². The summed E-state index contributed by atoms with van der Waals surface area (Å²) in [5.74, 6) is 7.02. The highest BCUT2D eigenvalue weighted by atomic mass is 32.2. The molecule has 0 aliphatic carbocycles. The average Bonchev–Trinajstić information content (AvgIpc) is 2.79. The van der Waals surface area contributed by atoms with Gasteiger partial charge < -0.3 is 5.73 Å². The van der Waals surface area contributed by atoms with Crippen molar-refractivity contribution in [2.24, 2.45) is 0 Å². The lowest BCUT2D eigenvalue weighted by Crippen LogP contribution is -1.87. The average molecular weight is 245 g/mol. The van der Waals surface area contributed by atoms with E-state index in [1.165, 1.54) is 0 Å². The predicted octanol–water partition coefficient (Wildman–Crippen LogP) is 3.47. The molecule has 0 saturated heterocycles. The third kappa shape index (κ3) is 3.06. The smallest absolute Gasteiger partial charge is 0.0768 e. The van der Waals surface area contributed by atoms with Gasteiger partial charge in [-0.3, -0.25) is 0 Å². The molecule has 0 atom stereocenters. The third-order valence-electron chi connectivity index (χ3n) is 1.95. The van der Waals surface area contributed by atoms with Crippen molar-refractivity contribution in [3.8, 4) is 11.8 Å². The van der Waals surface area contributed by atoms with E-state index in [-0.39, 0.29) is 0 Å². The fourth-order valence-corrected chi connectivity index (χ4v) is 2.50. The third-order valence-corrected chi connectivity index (χ3v) is 3.71. The monoisotopic (exact) mass is 245 g/mol. The Hall–Kier alpha value is -1.37. The van der Waals surface area contributed by atoms with E-state index in [1.54, 1.807) is 23.1 Å². The maximum Gasteiger partial charge on any atom is 0.0768 e. The maximum atomic E-state index is 5.83. The van der Waals surface area contributed by atoms with Gasteiger partial charge in [0, 0.05) is 10.6 Å². The Morgan fingerprint density at radius 3 is 2.81 bits per heavy atom. The van der Waals surface area contributed by atoms with Crippen LogP contribution in [-0.4, -0.2) is 5.75 Å². The number of benzene rings is 1. The second-order valence-corrected chi connectivity index (χ2v) is 5.07. The van der Waals surface area contributed by atoms with Crippen LogP contribution in [0.4, 0.5) is 5.69 Å². The number of nitrogens with two attached hydrogens (primary N) is 1. The molecule has 80 valence electrons. The number of rotatable bonds is 2. The summed E-state index contributed by atoms with van der Waals surface area (Å²) in [5, 5.41) is 2.03. The van der Waals surface area contributed by atoms with Crippen LogP contribution in [0.3, 0.4) is 0 Å². The highest BCUT2D eigenvalue weighted by Gasteiger charge is 1.95. The van der Waals surface area contributed by atoms with Crippen LogP contribution in [0, 0.1) is 11.8 Å². The van der Waals surface area contributed by atoms with Crippen molar-refractivity contribution in [1.82, 2.24) is 0 Å². The highest BCUT2D eigenvalue weighted by molar-refractivity contribution is 7.99. The predicted molar refractivity (Wildman–Crippen MR) is 72.8 cm³/mol. The normalized spacial score (nSPS) is 9.50. The van der Waals surface area contributed by atoms with E-state index in [4.69, 9.17) is 5.73 Å². The zero-order valence-corrected chi connectivity index (χ0v) is 10.3. The number of hydrogen-bond donors (Lipinski definition) is 1. The van der Waals surface area contributed by atoms with Gasteiger partial charge in [0.15, 0.2) is 0 Å². The molecule has 2 aromatic rings. The number of thioether (sulfide) groups is 1. The van der Waals surface area contributed by atoms with Gasteiger partial charge in [0.1, 0.15) is 0 Å². The molecular weight excluding hydrogens is 234 g/mol. The molecule has 0 amide bonds. The zero-order chi connectivity index (χ0) is 11.2. The van der Waals surface area contributed by atoms with Crippen molar-refractivity contribution in [2.45, 2.75) is 4.90 Å². The van der Waals surface area contributed by atoms with E-state index < -0.39 is 0 Å². The number of para-hydroxylation sites is 1. The summed E-state index contributed by atoms with van der Waals surface area (Å²) in [6.45, 7) is 0. The molecule has 2 N–H and O–H groups in total. The van der Waals surface area contributed by atoms with Gasteiger partial charge in [-0.15, -0.1) is 23.1 Å². The van der Waals surface area contributed by atoms with Crippen LogP contribution in [0.2, 0.25) is 0 Å². The van der Waals surface area contributed by atoms with Gasteiger partial charge in [-0.2, -0.15) is 0 Å². The summed E-state index contributed by atoms with van der Waals surface area (Å²) in [6.07, 6.45) is 0. The largest absolute Gasteiger partial charge is 0.398 e. The first kappa shape index (κ1) is 11.1. The van der Waals surface area contributed by atoms with Crippen molar-refractivity contribution in [3.05, 3.63) is 46.7 Å². The molecule has 0 bridgehead atoms. The Morgan fingerprint density at radius 1 is 1.19 bits per heavy atom. The Labute approximate surface area is 104 Å². The molecule has 16 heavy (non-hydrogen) atoms. The molecule has 0 fully saturated rings. The molecule has 1 heterocycles. The van der Waals surface area contributed by atoms with E-state index >= 15 is 0 Å². The minimum Gasteiger partial charge on any atom is -0.398 e. The highest BCUT2D eigenvalue weighted by Crippen LogP contribution is 2.23. The summed E-state index contributed by atoms with van der Waals surface area (Å²) >= 11 is 3.34. The van der Waals surface area contributed by atoms with Gasteiger partial charge in [-0.25, -0.2) is 0 Å². The van der Waals surface area contributed by atoms with Crippen LogP contribution in [0.25, 0.3) is 0 Å². The standard InChI is InChI=1S/C13H11NS2/c14-12-7-1-2-8-13(12)16-10-4-6-11-5-3-9-15-11/h1-3,5,7-9H,10,14H2. The molecule has 2 rings (SSSR count). The molecule has 1 aromatic carbocycles. The minimum atomic E-state index is 0.770. The van der Waals surface area contributed by atoms with Gasteiger partial charge in [-0.05, 0) is 23.6 Å². The zero-order valence-electron chi connectivity index (χ0n) is 8.64. The molecule has 0 unspecified atom stereocenters. The van der Waals surface area contributed by atoms with Crippen LogP contribution in [-0.2, 0) is 0 Å². The van der Waals surface area contributed by atoms with E-state index in [0.29, 0.717) is 0 Å². The van der Waals surface area contributed by atoms with E-state index in [1.807, 2.05) is 41.8 Å². The van der Waals surface area contributed by atoms with E-state index in [0.717, 1.165) is 21.2 Å². The summed E-state index contributed by atoms with van der Waals surface area (Å²) in [7, 11) is 0. The molecule has 1 aromatic heterocycles. The van der Waals surface area contributed by atoms with Crippen LogP contribution in [0.1, 0.15) is 4.88 Å². The van der Waals surface area contributed by atoms with Crippen LogP contribution in [0.5, 0.6) is 0 Å². The first-order chi connectivity index (χ1) is 7.86. The van der Waals surface area contributed by atoms with Crippen LogP contribution < -0.4 is 5.73 Å². The fraction of sp³-hybridized carbons (Fsp3) is 0.0769. The number of nitrogen functional groups attached to an aromatic ring is 1. The first-order valence-corrected chi connectivity index (χ1v) is 6.72. The van der Waals surface area contributed by atoms with Gasteiger partial charge in [0.2, 0.25) is 0 Å². The van der Waals surface area contributed by atoms with Gasteiger partial charge in [0.05, 0.1) is 10.6 Å². The van der Waals surface area contributed by atoms with Crippen molar-refractivity contribution in [1.29, 1.82) is 0 Å².